The van der Waals surface area contributed by atoms with Crippen molar-refractivity contribution in [3.8, 4) is 11.5 Å². The van der Waals surface area contributed by atoms with E-state index in [1.165, 1.54) is 0 Å². The van der Waals surface area contributed by atoms with Gasteiger partial charge in [0.2, 0.25) is 0 Å². The third-order valence-corrected chi connectivity index (χ3v) is 3.46. The Labute approximate surface area is 138 Å². The van der Waals surface area contributed by atoms with Crippen LogP contribution in [0.15, 0.2) is 42.5 Å². The van der Waals surface area contributed by atoms with Gasteiger partial charge in [0.15, 0.2) is 11.5 Å². The minimum absolute atomic E-state index is 0.180. The molecule has 2 aromatic rings. The Morgan fingerprint density at radius 2 is 1.52 bits per heavy atom. The molecule has 0 aliphatic rings. The van der Waals surface area contributed by atoms with Crippen LogP contribution in [0.1, 0.15) is 25.0 Å². The van der Waals surface area contributed by atoms with Gasteiger partial charge in [0.05, 0.1) is 13.2 Å². The lowest BCUT2D eigenvalue weighted by atomic mass is 10.1. The van der Waals surface area contributed by atoms with Crippen molar-refractivity contribution in [3.05, 3.63) is 53.6 Å². The maximum atomic E-state index is 8.93. The number of rotatable bonds is 9. The minimum atomic E-state index is 0.180. The smallest absolute Gasteiger partial charge is 0.161 e. The van der Waals surface area contributed by atoms with E-state index in [2.05, 4.69) is 5.32 Å². The summed E-state index contributed by atoms with van der Waals surface area (Å²) in [5, 5.41) is 12.3. The second-order valence-corrected chi connectivity index (χ2v) is 5.17. The van der Waals surface area contributed by atoms with Crippen LogP contribution in [-0.2, 0) is 13.0 Å². The molecule has 23 heavy (non-hydrogen) atoms. The van der Waals surface area contributed by atoms with Gasteiger partial charge in [-0.05, 0) is 55.7 Å². The molecule has 124 valence electrons. The maximum absolute atomic E-state index is 8.93. The molecule has 4 nitrogen and oxygen atoms in total. The lowest BCUT2D eigenvalue weighted by Crippen LogP contribution is -2.02. The fourth-order valence-electron chi connectivity index (χ4n) is 2.33. The van der Waals surface area contributed by atoms with E-state index in [0.717, 1.165) is 28.3 Å². The summed E-state index contributed by atoms with van der Waals surface area (Å²) in [6.45, 7) is 6.06. The van der Waals surface area contributed by atoms with Gasteiger partial charge in [-0.2, -0.15) is 0 Å². The topological polar surface area (TPSA) is 50.7 Å². The predicted octanol–water partition coefficient (Wildman–Crippen LogP) is 3.63. The fourth-order valence-corrected chi connectivity index (χ4v) is 2.33. The Kier molecular flexibility index (Phi) is 6.76. The van der Waals surface area contributed by atoms with Gasteiger partial charge in [0.25, 0.3) is 0 Å². The summed E-state index contributed by atoms with van der Waals surface area (Å²) in [6.07, 6.45) is 0.691. The van der Waals surface area contributed by atoms with Crippen LogP contribution < -0.4 is 14.8 Å². The first kappa shape index (κ1) is 17.2. The molecule has 2 N–H and O–H groups in total. The molecule has 4 heteroatoms. The molecule has 0 aliphatic heterocycles. The number of aliphatic hydroxyl groups is 1. The molecule has 0 bridgehead atoms. The van der Waals surface area contributed by atoms with Crippen LogP contribution in [0.2, 0.25) is 0 Å². The number of ether oxygens (including phenoxy) is 2. The van der Waals surface area contributed by atoms with Crippen molar-refractivity contribution in [2.45, 2.75) is 26.8 Å². The highest BCUT2D eigenvalue weighted by Gasteiger charge is 2.06. The van der Waals surface area contributed by atoms with Crippen molar-refractivity contribution >= 4 is 5.69 Å². The van der Waals surface area contributed by atoms with Crippen LogP contribution >= 0.6 is 0 Å². The Morgan fingerprint density at radius 3 is 2.17 bits per heavy atom. The standard InChI is InChI=1S/C19H25NO3/c1-3-22-18-10-7-16(13-19(18)23-4-2)14-20-17-8-5-15(6-9-17)11-12-21/h5-10,13,20-21H,3-4,11-12,14H2,1-2H3. The second kappa shape index (κ2) is 9.06. The van der Waals surface area contributed by atoms with E-state index in [9.17, 15) is 0 Å². The number of hydrogen-bond acceptors (Lipinski definition) is 4. The molecule has 0 unspecified atom stereocenters. The van der Waals surface area contributed by atoms with Crippen molar-refractivity contribution in [1.29, 1.82) is 0 Å². The highest BCUT2D eigenvalue weighted by molar-refractivity contribution is 5.47. The summed E-state index contributed by atoms with van der Waals surface area (Å²) in [6, 6.07) is 14.1. The van der Waals surface area contributed by atoms with E-state index in [1.54, 1.807) is 0 Å². The van der Waals surface area contributed by atoms with Crippen LogP contribution in [0.25, 0.3) is 0 Å². The Morgan fingerprint density at radius 1 is 0.870 bits per heavy atom. The quantitative estimate of drug-likeness (QED) is 0.742. The largest absolute Gasteiger partial charge is 0.490 e. The molecule has 0 aliphatic carbocycles. The normalized spacial score (nSPS) is 10.4. The highest BCUT2D eigenvalue weighted by atomic mass is 16.5. The molecule has 0 spiro atoms. The van der Waals surface area contributed by atoms with Crippen molar-refractivity contribution in [3.63, 3.8) is 0 Å². The summed E-state index contributed by atoms with van der Waals surface area (Å²) in [7, 11) is 0. The maximum Gasteiger partial charge on any atom is 0.161 e. The molecule has 0 atom stereocenters. The Balaban J connectivity index is 2.00. The van der Waals surface area contributed by atoms with E-state index >= 15 is 0 Å². The fraction of sp³-hybridized carbons (Fsp3) is 0.368. The summed E-state index contributed by atoms with van der Waals surface area (Å²) in [5.74, 6) is 1.57. The average Bonchev–Trinajstić information content (AvgIpc) is 2.57. The van der Waals surface area contributed by atoms with Gasteiger partial charge in [-0.15, -0.1) is 0 Å². The summed E-state index contributed by atoms with van der Waals surface area (Å²) in [5.41, 5.74) is 3.33. The zero-order valence-corrected chi connectivity index (χ0v) is 13.8. The number of anilines is 1. The molecule has 0 aromatic heterocycles. The van der Waals surface area contributed by atoms with E-state index in [1.807, 2.05) is 56.3 Å². The second-order valence-electron chi connectivity index (χ2n) is 5.17. The molecular formula is C19H25NO3. The van der Waals surface area contributed by atoms with E-state index < -0.39 is 0 Å². The van der Waals surface area contributed by atoms with Gasteiger partial charge in [-0.1, -0.05) is 18.2 Å². The lowest BCUT2D eigenvalue weighted by Gasteiger charge is -2.13. The monoisotopic (exact) mass is 315 g/mol. The summed E-state index contributed by atoms with van der Waals surface area (Å²) < 4.78 is 11.2. The van der Waals surface area contributed by atoms with Crippen molar-refractivity contribution in [1.82, 2.24) is 0 Å². The van der Waals surface area contributed by atoms with Gasteiger partial charge in [0.1, 0.15) is 0 Å². The molecule has 0 fully saturated rings. The minimum Gasteiger partial charge on any atom is -0.490 e. The third kappa shape index (κ3) is 5.18. The highest BCUT2D eigenvalue weighted by Crippen LogP contribution is 2.28. The molecule has 0 saturated carbocycles. The van der Waals surface area contributed by atoms with Crippen LogP contribution in [0.5, 0.6) is 11.5 Å². The van der Waals surface area contributed by atoms with E-state index in [4.69, 9.17) is 14.6 Å². The van der Waals surface area contributed by atoms with Gasteiger partial charge < -0.3 is 19.9 Å². The molecule has 0 saturated heterocycles. The molecular weight excluding hydrogens is 290 g/mol. The number of nitrogens with one attached hydrogen (secondary N) is 1. The number of aliphatic hydroxyl groups excluding tert-OH is 1. The van der Waals surface area contributed by atoms with Crippen molar-refractivity contribution in [2.24, 2.45) is 0 Å². The van der Waals surface area contributed by atoms with E-state index in [0.29, 0.717) is 26.2 Å². The third-order valence-electron chi connectivity index (χ3n) is 3.46. The number of hydrogen-bond donors (Lipinski definition) is 2. The SMILES string of the molecule is CCOc1ccc(CNc2ccc(CCO)cc2)cc1OCC. The van der Waals surface area contributed by atoms with Gasteiger partial charge in [0, 0.05) is 18.8 Å². The first-order valence-corrected chi connectivity index (χ1v) is 8.09. The van der Waals surface area contributed by atoms with Gasteiger partial charge >= 0.3 is 0 Å². The summed E-state index contributed by atoms with van der Waals surface area (Å²) >= 11 is 0. The molecule has 0 amide bonds. The first-order valence-electron chi connectivity index (χ1n) is 8.09. The Bertz CT molecular complexity index is 596. The van der Waals surface area contributed by atoms with Crippen LogP contribution in [0, 0.1) is 0 Å². The Hall–Kier alpha value is -2.20. The van der Waals surface area contributed by atoms with Crippen LogP contribution in [0.4, 0.5) is 5.69 Å². The molecule has 2 rings (SSSR count). The predicted molar refractivity (Wildman–Crippen MR) is 93.3 cm³/mol. The molecule has 2 aromatic carbocycles. The number of benzene rings is 2. The zero-order valence-electron chi connectivity index (χ0n) is 13.8. The van der Waals surface area contributed by atoms with Crippen LogP contribution in [0.3, 0.4) is 0 Å². The first-order chi connectivity index (χ1) is 11.3. The lowest BCUT2D eigenvalue weighted by molar-refractivity contribution is 0.287. The van der Waals surface area contributed by atoms with Gasteiger partial charge in [-0.3, -0.25) is 0 Å². The van der Waals surface area contributed by atoms with Crippen molar-refractivity contribution < 1.29 is 14.6 Å². The zero-order chi connectivity index (χ0) is 16.5. The average molecular weight is 315 g/mol. The van der Waals surface area contributed by atoms with Gasteiger partial charge in [-0.25, -0.2) is 0 Å². The van der Waals surface area contributed by atoms with Crippen LogP contribution in [-0.4, -0.2) is 24.9 Å². The van der Waals surface area contributed by atoms with E-state index in [-0.39, 0.29) is 6.61 Å². The molecule has 0 radical (unpaired) electrons. The summed E-state index contributed by atoms with van der Waals surface area (Å²) in [4.78, 5) is 0. The molecule has 0 heterocycles. The van der Waals surface area contributed by atoms with Crippen molar-refractivity contribution in [2.75, 3.05) is 25.1 Å².